The summed E-state index contributed by atoms with van der Waals surface area (Å²) in [5, 5.41) is 3.23. The van der Waals surface area contributed by atoms with Gasteiger partial charge in [-0.1, -0.05) is 6.92 Å². The van der Waals surface area contributed by atoms with Gasteiger partial charge in [-0.05, 0) is 47.0 Å². The zero-order chi connectivity index (χ0) is 14.3. The molecule has 5 nitrogen and oxygen atoms in total. The van der Waals surface area contributed by atoms with Gasteiger partial charge in [0.1, 0.15) is 6.04 Å². The van der Waals surface area contributed by atoms with Crippen molar-refractivity contribution in [3.63, 3.8) is 0 Å². The molecule has 0 aliphatic carbocycles. The molecule has 112 valence electrons. The number of likely N-dealkylation sites (tertiary alicyclic amines) is 1. The van der Waals surface area contributed by atoms with Gasteiger partial charge < -0.3 is 15.0 Å². The zero-order valence-electron chi connectivity index (χ0n) is 12.8. The van der Waals surface area contributed by atoms with Crippen LogP contribution in [0.2, 0.25) is 0 Å². The third-order valence-electron chi connectivity index (χ3n) is 3.67. The van der Waals surface area contributed by atoms with Gasteiger partial charge in [0.2, 0.25) is 0 Å². The van der Waals surface area contributed by atoms with Gasteiger partial charge in [-0.2, -0.15) is 0 Å². The van der Waals surface area contributed by atoms with E-state index in [1.54, 1.807) is 0 Å². The van der Waals surface area contributed by atoms with Crippen LogP contribution in [-0.4, -0.2) is 74.7 Å². The average Bonchev–Trinajstić information content (AvgIpc) is 2.39. The van der Waals surface area contributed by atoms with E-state index >= 15 is 0 Å². The maximum atomic E-state index is 11.9. The summed E-state index contributed by atoms with van der Waals surface area (Å²) in [6.07, 6.45) is 2.44. The fourth-order valence-corrected chi connectivity index (χ4v) is 2.59. The highest BCUT2D eigenvalue weighted by atomic mass is 16.5. The van der Waals surface area contributed by atoms with Crippen molar-refractivity contribution < 1.29 is 9.53 Å². The van der Waals surface area contributed by atoms with E-state index in [2.05, 4.69) is 29.2 Å². The maximum absolute atomic E-state index is 11.9. The van der Waals surface area contributed by atoms with Crippen molar-refractivity contribution in [2.24, 2.45) is 0 Å². The molecule has 1 rings (SSSR count). The first kappa shape index (κ1) is 16.4. The molecule has 0 radical (unpaired) electrons. The number of rotatable bonds is 7. The van der Waals surface area contributed by atoms with Crippen LogP contribution in [0.4, 0.5) is 0 Å². The Hall–Kier alpha value is -0.650. The van der Waals surface area contributed by atoms with Gasteiger partial charge in [0.15, 0.2) is 0 Å². The Balaban J connectivity index is 2.50. The van der Waals surface area contributed by atoms with Crippen LogP contribution in [0.15, 0.2) is 0 Å². The van der Waals surface area contributed by atoms with Gasteiger partial charge in [-0.25, -0.2) is 0 Å². The lowest BCUT2D eigenvalue weighted by Gasteiger charge is -2.37. The predicted molar refractivity (Wildman–Crippen MR) is 77.2 cm³/mol. The summed E-state index contributed by atoms with van der Waals surface area (Å²) in [6, 6.07) is 0.393. The van der Waals surface area contributed by atoms with Gasteiger partial charge in [0, 0.05) is 19.1 Å². The van der Waals surface area contributed by atoms with Crippen LogP contribution in [0.3, 0.4) is 0 Å². The van der Waals surface area contributed by atoms with E-state index in [0.717, 1.165) is 26.2 Å². The Labute approximate surface area is 117 Å². The maximum Gasteiger partial charge on any atom is 0.324 e. The molecule has 1 aliphatic rings. The molecule has 19 heavy (non-hydrogen) atoms. The first-order valence-electron chi connectivity index (χ1n) is 7.37. The Morgan fingerprint density at radius 3 is 2.79 bits per heavy atom. The summed E-state index contributed by atoms with van der Waals surface area (Å²) in [4.78, 5) is 16.6. The van der Waals surface area contributed by atoms with E-state index in [1.165, 1.54) is 12.8 Å². The second-order valence-electron chi connectivity index (χ2n) is 5.38. The van der Waals surface area contributed by atoms with Crippen LogP contribution in [0.5, 0.6) is 0 Å². The lowest BCUT2D eigenvalue weighted by atomic mass is 10.0. The summed E-state index contributed by atoms with van der Waals surface area (Å²) in [5.41, 5.74) is 0. The molecule has 1 saturated heterocycles. The zero-order valence-corrected chi connectivity index (χ0v) is 12.8. The highest BCUT2D eigenvalue weighted by Crippen LogP contribution is 2.14. The molecule has 0 aromatic carbocycles. The Morgan fingerprint density at radius 1 is 1.47 bits per heavy atom. The standard InChI is InChI=1S/C14H29N3O2/c1-5-15-13(14(18)19-6-2)11-17-9-7-8-12(10-17)16(3)4/h12-13,15H,5-11H2,1-4H3. The van der Waals surface area contributed by atoms with Crippen molar-refractivity contribution in [2.75, 3.05) is 46.9 Å². The van der Waals surface area contributed by atoms with Crippen molar-refractivity contribution in [3.05, 3.63) is 0 Å². The fraction of sp³-hybridized carbons (Fsp3) is 0.929. The summed E-state index contributed by atoms with van der Waals surface area (Å²) >= 11 is 0. The first-order valence-corrected chi connectivity index (χ1v) is 7.37. The fourth-order valence-electron chi connectivity index (χ4n) is 2.59. The van der Waals surface area contributed by atoms with Crippen LogP contribution in [0.1, 0.15) is 26.7 Å². The average molecular weight is 271 g/mol. The van der Waals surface area contributed by atoms with Crippen molar-refractivity contribution in [2.45, 2.75) is 38.8 Å². The minimum absolute atomic E-state index is 0.128. The van der Waals surface area contributed by atoms with Crippen LogP contribution >= 0.6 is 0 Å². The van der Waals surface area contributed by atoms with Crippen molar-refractivity contribution in [1.29, 1.82) is 0 Å². The molecule has 0 aromatic rings. The summed E-state index contributed by atoms with van der Waals surface area (Å²) < 4.78 is 5.13. The lowest BCUT2D eigenvalue weighted by Crippen LogP contribution is -2.52. The van der Waals surface area contributed by atoms with E-state index in [9.17, 15) is 4.79 Å². The number of likely N-dealkylation sites (N-methyl/N-ethyl adjacent to an activating group) is 2. The number of nitrogens with one attached hydrogen (secondary N) is 1. The molecule has 0 bridgehead atoms. The lowest BCUT2D eigenvalue weighted by molar-refractivity contribution is -0.146. The largest absolute Gasteiger partial charge is 0.465 e. The topological polar surface area (TPSA) is 44.8 Å². The second kappa shape index (κ2) is 8.51. The van der Waals surface area contributed by atoms with E-state index in [-0.39, 0.29) is 12.0 Å². The molecule has 5 heteroatoms. The third-order valence-corrected chi connectivity index (χ3v) is 3.67. The molecule has 0 saturated carbocycles. The predicted octanol–water partition coefficient (Wildman–Crippen LogP) is 0.554. The summed E-state index contributed by atoms with van der Waals surface area (Å²) in [7, 11) is 4.25. The van der Waals surface area contributed by atoms with Gasteiger partial charge >= 0.3 is 5.97 Å². The number of nitrogens with zero attached hydrogens (tertiary/aromatic N) is 2. The molecule has 1 heterocycles. The van der Waals surface area contributed by atoms with E-state index in [1.807, 2.05) is 13.8 Å². The second-order valence-corrected chi connectivity index (χ2v) is 5.38. The van der Waals surface area contributed by atoms with E-state index < -0.39 is 0 Å². The van der Waals surface area contributed by atoms with Crippen LogP contribution in [0.25, 0.3) is 0 Å². The quantitative estimate of drug-likeness (QED) is 0.685. The van der Waals surface area contributed by atoms with Gasteiger partial charge in [0.25, 0.3) is 0 Å². The van der Waals surface area contributed by atoms with Crippen molar-refractivity contribution in [1.82, 2.24) is 15.1 Å². The van der Waals surface area contributed by atoms with E-state index in [4.69, 9.17) is 4.74 Å². The van der Waals surface area contributed by atoms with E-state index in [0.29, 0.717) is 12.6 Å². The number of piperidine rings is 1. The van der Waals surface area contributed by atoms with Crippen LogP contribution in [0, 0.1) is 0 Å². The van der Waals surface area contributed by atoms with Gasteiger partial charge in [-0.3, -0.25) is 9.69 Å². The Kier molecular flexibility index (Phi) is 7.34. The molecule has 0 spiro atoms. The molecule has 0 aromatic heterocycles. The minimum atomic E-state index is -0.203. The normalized spacial score (nSPS) is 22.5. The molecule has 1 aliphatic heterocycles. The SMILES string of the molecule is CCNC(CN1CCCC(N(C)C)C1)C(=O)OCC. The summed E-state index contributed by atoms with van der Waals surface area (Å²) in [6.45, 7) is 7.96. The third kappa shape index (κ3) is 5.47. The van der Waals surface area contributed by atoms with Gasteiger partial charge in [-0.15, -0.1) is 0 Å². The minimum Gasteiger partial charge on any atom is -0.465 e. The Bertz CT molecular complexity index is 271. The van der Waals surface area contributed by atoms with Crippen LogP contribution < -0.4 is 5.32 Å². The number of carbonyl (C=O) groups is 1. The number of esters is 1. The molecule has 0 amide bonds. The molecular formula is C14H29N3O2. The van der Waals surface area contributed by atoms with Crippen LogP contribution in [-0.2, 0) is 9.53 Å². The highest BCUT2D eigenvalue weighted by molar-refractivity contribution is 5.76. The Morgan fingerprint density at radius 2 is 2.21 bits per heavy atom. The molecular weight excluding hydrogens is 242 g/mol. The van der Waals surface area contributed by atoms with Gasteiger partial charge in [0.05, 0.1) is 6.61 Å². The molecule has 1 N–H and O–H groups in total. The number of hydrogen-bond acceptors (Lipinski definition) is 5. The molecule has 1 fully saturated rings. The monoisotopic (exact) mass is 271 g/mol. The smallest absolute Gasteiger partial charge is 0.324 e. The van der Waals surface area contributed by atoms with Crippen molar-refractivity contribution in [3.8, 4) is 0 Å². The molecule has 2 atom stereocenters. The number of ether oxygens (including phenoxy) is 1. The van der Waals surface area contributed by atoms with Crippen molar-refractivity contribution >= 4 is 5.97 Å². The first-order chi connectivity index (χ1) is 9.08. The molecule has 2 unspecified atom stereocenters. The highest BCUT2D eigenvalue weighted by Gasteiger charge is 2.26. The number of carbonyl (C=O) groups excluding carboxylic acids is 1. The summed E-state index contributed by atoms with van der Waals surface area (Å²) in [5.74, 6) is -0.128. The number of hydrogen-bond donors (Lipinski definition) is 1.